The van der Waals surface area contributed by atoms with Crippen LogP contribution in [0.3, 0.4) is 0 Å². The Labute approximate surface area is 94.5 Å². The smallest absolute Gasteiger partial charge is 0.283 e. The summed E-state index contributed by atoms with van der Waals surface area (Å²) >= 11 is 0. The van der Waals surface area contributed by atoms with Crippen molar-refractivity contribution in [2.45, 2.75) is 6.18 Å². The lowest BCUT2D eigenvalue weighted by molar-refractivity contribution is -0.141. The largest absolute Gasteiger partial charge is 0.435 e. The van der Waals surface area contributed by atoms with Crippen LogP contribution in [-0.2, 0) is 11.0 Å². The molecule has 0 unspecified atom stereocenters. The lowest BCUT2D eigenvalue weighted by Gasteiger charge is -2.03. The van der Waals surface area contributed by atoms with E-state index in [0.29, 0.717) is 11.8 Å². The first-order chi connectivity index (χ1) is 8.02. The van der Waals surface area contributed by atoms with Gasteiger partial charge in [-0.05, 0) is 12.1 Å². The van der Waals surface area contributed by atoms with Crippen LogP contribution in [0.5, 0.6) is 0 Å². The molecule has 0 atom stereocenters. The molecule has 0 aliphatic carbocycles. The number of rotatable bonds is 2. The molecule has 87 valence electrons. The number of para-hydroxylation sites is 1. The van der Waals surface area contributed by atoms with Crippen molar-refractivity contribution in [1.29, 1.82) is 0 Å². The first kappa shape index (κ1) is 11.4. The van der Waals surface area contributed by atoms with Crippen LogP contribution in [0, 0.1) is 0 Å². The van der Waals surface area contributed by atoms with Crippen molar-refractivity contribution in [2.24, 2.45) is 0 Å². The molecule has 0 saturated carbocycles. The summed E-state index contributed by atoms with van der Waals surface area (Å²) in [5.74, 6) is 0. The van der Waals surface area contributed by atoms with Crippen LogP contribution in [0.15, 0.2) is 36.4 Å². The summed E-state index contributed by atoms with van der Waals surface area (Å²) < 4.78 is 38.2. The topological polar surface area (TPSA) is 34.9 Å². The summed E-state index contributed by atoms with van der Waals surface area (Å²) in [5.41, 5.74) is -0.996. The number of hydrogen-bond acceptors (Lipinski definition) is 2. The Morgan fingerprint density at radius 3 is 2.35 bits per heavy atom. The summed E-state index contributed by atoms with van der Waals surface area (Å²) in [4.78, 5) is 10.6. The van der Waals surface area contributed by atoms with Gasteiger partial charge in [-0.2, -0.15) is 18.3 Å². The number of aromatic nitrogens is 2. The maximum atomic E-state index is 12.4. The fourth-order valence-electron chi connectivity index (χ4n) is 1.36. The zero-order chi connectivity index (χ0) is 12.5. The average Bonchev–Trinajstić information content (AvgIpc) is 2.73. The van der Waals surface area contributed by atoms with Gasteiger partial charge in [0.15, 0.2) is 5.69 Å². The van der Waals surface area contributed by atoms with Gasteiger partial charge in [-0.3, -0.25) is 4.79 Å². The van der Waals surface area contributed by atoms with Crippen molar-refractivity contribution in [3.8, 4) is 5.69 Å². The minimum atomic E-state index is -4.58. The molecule has 0 bridgehead atoms. The van der Waals surface area contributed by atoms with Gasteiger partial charge in [0.1, 0.15) is 5.69 Å². The fourth-order valence-corrected chi connectivity index (χ4v) is 1.36. The number of nitrogens with zero attached hydrogens (tertiary/aromatic N) is 2. The SMILES string of the molecule is O=[C]c1cc(C(F)(F)F)nn1-c1ccccc1. The molecule has 0 spiro atoms. The molecule has 0 saturated heterocycles. The van der Waals surface area contributed by atoms with Gasteiger partial charge in [-0.25, -0.2) is 4.68 Å². The van der Waals surface area contributed by atoms with Gasteiger partial charge in [0.25, 0.3) is 6.29 Å². The van der Waals surface area contributed by atoms with E-state index >= 15 is 0 Å². The molecule has 1 aromatic carbocycles. The molecule has 1 heterocycles. The predicted octanol–water partition coefficient (Wildman–Crippen LogP) is 2.35. The van der Waals surface area contributed by atoms with E-state index in [1.165, 1.54) is 6.29 Å². The van der Waals surface area contributed by atoms with Gasteiger partial charge < -0.3 is 0 Å². The molecule has 1 radical (unpaired) electrons. The highest BCUT2D eigenvalue weighted by molar-refractivity contribution is 5.74. The van der Waals surface area contributed by atoms with E-state index in [0.717, 1.165) is 4.68 Å². The Morgan fingerprint density at radius 1 is 1.18 bits per heavy atom. The number of carbonyl (C=O) groups excluding carboxylic acids is 1. The summed E-state index contributed by atoms with van der Waals surface area (Å²) in [6, 6.07) is 8.75. The van der Waals surface area contributed by atoms with Crippen molar-refractivity contribution >= 4 is 6.29 Å². The Bertz CT molecular complexity index is 531. The van der Waals surface area contributed by atoms with Crippen molar-refractivity contribution in [2.75, 3.05) is 0 Å². The van der Waals surface area contributed by atoms with Crippen molar-refractivity contribution in [3.05, 3.63) is 47.8 Å². The number of hydrogen-bond donors (Lipinski definition) is 0. The van der Waals surface area contributed by atoms with Crippen LogP contribution in [0.4, 0.5) is 13.2 Å². The highest BCUT2D eigenvalue weighted by Gasteiger charge is 2.35. The number of alkyl halides is 3. The molecule has 2 aromatic rings. The van der Waals surface area contributed by atoms with Crippen LogP contribution in [0.1, 0.15) is 11.4 Å². The van der Waals surface area contributed by atoms with E-state index in [4.69, 9.17) is 0 Å². The predicted molar refractivity (Wildman–Crippen MR) is 53.4 cm³/mol. The van der Waals surface area contributed by atoms with Gasteiger partial charge in [-0.1, -0.05) is 18.2 Å². The minimum absolute atomic E-state index is 0.261. The van der Waals surface area contributed by atoms with Crippen LogP contribution in [0.2, 0.25) is 0 Å². The fraction of sp³-hybridized carbons (Fsp3) is 0.0909. The Hall–Kier alpha value is -2.11. The lowest BCUT2D eigenvalue weighted by Crippen LogP contribution is -2.07. The molecule has 6 heteroatoms. The molecule has 1 aromatic heterocycles. The quantitative estimate of drug-likeness (QED) is 0.806. The maximum absolute atomic E-state index is 12.4. The standard InChI is InChI=1S/C11H6F3N2O/c12-11(13,14)10-6-9(7-17)16(15-10)8-4-2-1-3-5-8/h1-6H. The average molecular weight is 239 g/mol. The second-order valence-electron chi connectivity index (χ2n) is 3.26. The van der Waals surface area contributed by atoms with Crippen molar-refractivity contribution in [3.63, 3.8) is 0 Å². The summed E-state index contributed by atoms with van der Waals surface area (Å²) in [6.45, 7) is 0. The van der Waals surface area contributed by atoms with Crippen LogP contribution < -0.4 is 0 Å². The summed E-state index contributed by atoms with van der Waals surface area (Å²) in [6.07, 6.45) is -3.14. The van der Waals surface area contributed by atoms with Crippen LogP contribution >= 0.6 is 0 Å². The summed E-state index contributed by atoms with van der Waals surface area (Å²) in [5, 5.41) is 3.35. The lowest BCUT2D eigenvalue weighted by atomic mass is 10.3. The third kappa shape index (κ3) is 2.20. The molecule has 2 rings (SSSR count). The minimum Gasteiger partial charge on any atom is -0.283 e. The first-order valence-corrected chi connectivity index (χ1v) is 4.63. The molecular weight excluding hydrogens is 233 g/mol. The highest BCUT2D eigenvalue weighted by atomic mass is 19.4. The van der Waals surface area contributed by atoms with Crippen LogP contribution in [0.25, 0.3) is 5.69 Å². The second-order valence-corrected chi connectivity index (χ2v) is 3.26. The molecule has 0 N–H and O–H groups in total. The summed E-state index contributed by atoms with van der Waals surface area (Å²) in [7, 11) is 0. The maximum Gasteiger partial charge on any atom is 0.435 e. The molecule has 17 heavy (non-hydrogen) atoms. The third-order valence-electron chi connectivity index (χ3n) is 2.11. The molecule has 0 aliphatic rings. The van der Waals surface area contributed by atoms with E-state index in [1.54, 1.807) is 30.3 Å². The second kappa shape index (κ2) is 4.04. The van der Waals surface area contributed by atoms with Gasteiger partial charge in [-0.15, -0.1) is 0 Å². The third-order valence-corrected chi connectivity index (χ3v) is 2.11. The number of benzene rings is 1. The zero-order valence-corrected chi connectivity index (χ0v) is 8.40. The van der Waals surface area contributed by atoms with E-state index < -0.39 is 11.9 Å². The Kier molecular flexibility index (Phi) is 2.71. The van der Waals surface area contributed by atoms with Gasteiger partial charge in [0.2, 0.25) is 0 Å². The van der Waals surface area contributed by atoms with Crippen molar-refractivity contribution < 1.29 is 18.0 Å². The highest BCUT2D eigenvalue weighted by Crippen LogP contribution is 2.29. The zero-order valence-electron chi connectivity index (χ0n) is 8.40. The van der Waals surface area contributed by atoms with Gasteiger partial charge >= 0.3 is 6.18 Å². The van der Waals surface area contributed by atoms with E-state index in [1.807, 2.05) is 0 Å². The Morgan fingerprint density at radius 2 is 1.82 bits per heavy atom. The van der Waals surface area contributed by atoms with Gasteiger partial charge in [0.05, 0.1) is 5.69 Å². The molecular formula is C11H6F3N2O. The molecule has 3 nitrogen and oxygen atoms in total. The van der Waals surface area contributed by atoms with E-state index in [-0.39, 0.29) is 5.69 Å². The Balaban J connectivity index is 2.55. The molecule has 0 amide bonds. The van der Waals surface area contributed by atoms with E-state index in [2.05, 4.69) is 5.10 Å². The molecule has 0 aliphatic heterocycles. The van der Waals surface area contributed by atoms with Crippen LogP contribution in [-0.4, -0.2) is 16.1 Å². The van der Waals surface area contributed by atoms with E-state index in [9.17, 15) is 18.0 Å². The van der Waals surface area contributed by atoms with Crippen molar-refractivity contribution in [1.82, 2.24) is 9.78 Å². The monoisotopic (exact) mass is 239 g/mol. The molecule has 0 fully saturated rings. The first-order valence-electron chi connectivity index (χ1n) is 4.63. The number of halogens is 3. The normalized spacial score (nSPS) is 11.5. The van der Waals surface area contributed by atoms with Gasteiger partial charge in [0, 0.05) is 6.07 Å².